The van der Waals surface area contributed by atoms with E-state index in [-0.39, 0.29) is 61.5 Å². The van der Waals surface area contributed by atoms with Crippen molar-refractivity contribution in [3.8, 4) is 0 Å². The maximum absolute atomic E-state index is 8.88. The molecule has 0 atom stereocenters. The zero-order chi connectivity index (χ0) is 4.50. The number of rotatable bonds is 0. The first-order valence-electron chi connectivity index (χ1n) is 0.783. The summed E-state index contributed by atoms with van der Waals surface area (Å²) in [7, 11) is -4.64. The van der Waals surface area contributed by atoms with Crippen LogP contribution < -0.4 is 0 Å². The van der Waals surface area contributed by atoms with Crippen LogP contribution in [0.25, 0.3) is 0 Å². The molecule has 0 saturated heterocycles. The first kappa shape index (κ1) is 30.8. The molecule has 0 aliphatic rings. The van der Waals surface area contributed by atoms with Crippen molar-refractivity contribution in [2.24, 2.45) is 0 Å². The Morgan fingerprint density at radius 2 is 1.11 bits per heavy atom. The van der Waals surface area contributed by atoms with Gasteiger partial charge in [-0.15, -0.1) is 0 Å². The Balaban J connectivity index is -0.0000000133. The molecule has 9 heteroatoms. The van der Waals surface area contributed by atoms with Crippen molar-refractivity contribution in [1.29, 1.82) is 0 Å². The Morgan fingerprint density at radius 1 is 1.11 bits per heavy atom. The molecule has 0 radical (unpaired) electrons. The van der Waals surface area contributed by atoms with Gasteiger partial charge in [-0.3, -0.25) is 0 Å². The second-order valence-corrected chi connectivity index (χ2v) is 1.54. The third kappa shape index (κ3) is 179. The topological polar surface area (TPSA) is 109 Å². The third-order valence-corrected chi connectivity index (χ3v) is 0. The van der Waals surface area contributed by atoms with E-state index < -0.39 is 7.82 Å². The Hall–Kier alpha value is 1.84. The zero-order valence-corrected chi connectivity index (χ0v) is 3.59. The third-order valence-electron chi connectivity index (χ3n) is 0. The van der Waals surface area contributed by atoms with Gasteiger partial charge >= 0.3 is 46.5 Å². The van der Waals surface area contributed by atoms with Gasteiger partial charge in [0.25, 0.3) is 0 Å². The van der Waals surface area contributed by atoms with Crippen LogP contribution in [0.15, 0.2) is 0 Å². The Bertz CT molecular complexity index is 63.1. The second kappa shape index (κ2) is 12.5. The van der Waals surface area contributed by atoms with Crippen LogP contribution in [0.2, 0.25) is 0 Å². The molecular weight excluding hydrogens is 215 g/mol. The molecule has 5 N–H and O–H groups in total. The van der Waals surface area contributed by atoms with E-state index in [1.165, 1.54) is 0 Å². The minimum atomic E-state index is -4.64. The van der Waals surface area contributed by atoms with Crippen molar-refractivity contribution >= 4 is 63.8 Å². The van der Waals surface area contributed by atoms with Crippen LogP contribution >= 0.6 is 7.82 Å². The first-order valence-corrected chi connectivity index (χ1v) is 2.35. The summed E-state index contributed by atoms with van der Waals surface area (Å²) in [6.07, 6.45) is 0. The van der Waals surface area contributed by atoms with Gasteiger partial charge < -0.3 is 20.2 Å². The van der Waals surface area contributed by atoms with Gasteiger partial charge in [-0.25, -0.2) is 4.57 Å². The van der Waals surface area contributed by atoms with Gasteiger partial charge in [0.05, 0.1) is 0 Å². The molecule has 5 nitrogen and oxygen atoms in total. The summed E-state index contributed by atoms with van der Waals surface area (Å²) in [6, 6.07) is 0. The molecule has 0 heterocycles. The van der Waals surface area contributed by atoms with Gasteiger partial charge in [0.2, 0.25) is 0 Å². The normalized spacial score (nSPS) is 6.56. The minimum absolute atomic E-state index is 0. The van der Waals surface area contributed by atoms with E-state index in [9.17, 15) is 0 Å². The summed E-state index contributed by atoms with van der Waals surface area (Å²) in [5, 5.41) is 0. The van der Waals surface area contributed by atoms with Crippen LogP contribution in [0.4, 0.5) is 0 Å². The fourth-order valence-corrected chi connectivity index (χ4v) is 0. The summed E-state index contributed by atoms with van der Waals surface area (Å²) in [6.45, 7) is 0. The van der Waals surface area contributed by atoms with E-state index in [0.29, 0.717) is 0 Å². The van der Waals surface area contributed by atoms with E-state index in [0.717, 1.165) is 0 Å². The SMILES string of the molecule is O.O=P(O)(O)O.[AlH3].[GaH3].[LiH]. The molecule has 54 valence electrons. The predicted molar refractivity (Wildman–Crippen MR) is 44.9 cm³/mol. The summed E-state index contributed by atoms with van der Waals surface area (Å²) in [5.74, 6) is 0. The van der Waals surface area contributed by atoms with E-state index in [2.05, 4.69) is 0 Å². The Kier molecular flexibility index (Phi) is 42.8. The quantitative estimate of drug-likeness (QED) is 0.285. The first-order chi connectivity index (χ1) is 2.00. The molecule has 0 fully saturated rings. The molecule has 0 aliphatic heterocycles. The fourth-order valence-electron chi connectivity index (χ4n) is 0. The van der Waals surface area contributed by atoms with Gasteiger partial charge in [-0.05, 0) is 0 Å². The average molecular weight is 227 g/mol. The maximum atomic E-state index is 8.88. The van der Waals surface area contributed by atoms with Crippen molar-refractivity contribution in [2.75, 3.05) is 0 Å². The Labute approximate surface area is 88.1 Å². The van der Waals surface area contributed by atoms with Crippen molar-refractivity contribution in [2.45, 2.75) is 0 Å². The van der Waals surface area contributed by atoms with Gasteiger partial charge in [0, 0.05) is 0 Å². The van der Waals surface area contributed by atoms with Crippen LogP contribution in [0.3, 0.4) is 0 Å². The van der Waals surface area contributed by atoms with Crippen LogP contribution in [-0.2, 0) is 4.57 Å². The van der Waals surface area contributed by atoms with Crippen molar-refractivity contribution < 1.29 is 24.7 Å². The molecule has 0 aliphatic carbocycles. The molecule has 0 saturated carbocycles. The van der Waals surface area contributed by atoms with Gasteiger partial charge in [0.15, 0.2) is 17.4 Å². The molecule has 0 rings (SSSR count). The standard InChI is InChI=1S/Al.Ga.Li.H3O4P.H2O.7H/c;;;1-5(2,3)4;;;;;;;;/h;;;(H3,1,2,3,4);1H2;;;;;;;. The van der Waals surface area contributed by atoms with Gasteiger partial charge in [-0.1, -0.05) is 0 Å². The monoisotopic (exact) mass is 226 g/mol. The number of hydrogen-bond donors (Lipinski definition) is 3. The number of hydrogen-bond acceptors (Lipinski definition) is 1. The molecular formula is H12AlGaLiO5P. The van der Waals surface area contributed by atoms with Gasteiger partial charge in [0.1, 0.15) is 0 Å². The van der Waals surface area contributed by atoms with Crippen LogP contribution in [0, 0.1) is 0 Å². The molecule has 0 aromatic heterocycles. The van der Waals surface area contributed by atoms with Crippen molar-refractivity contribution in [3.63, 3.8) is 0 Å². The summed E-state index contributed by atoms with van der Waals surface area (Å²) in [4.78, 5) is 21.6. The Morgan fingerprint density at radius 3 is 1.11 bits per heavy atom. The number of phosphoric acid groups is 1. The second-order valence-electron chi connectivity index (χ2n) is 0.513. The van der Waals surface area contributed by atoms with Crippen molar-refractivity contribution in [3.05, 3.63) is 0 Å². The predicted octanol–water partition coefficient (Wildman–Crippen LogP) is -4.77. The van der Waals surface area contributed by atoms with Gasteiger partial charge in [-0.2, -0.15) is 0 Å². The van der Waals surface area contributed by atoms with Crippen LogP contribution in [0.1, 0.15) is 0 Å². The molecule has 0 amide bonds. The summed E-state index contributed by atoms with van der Waals surface area (Å²) in [5.41, 5.74) is 0. The van der Waals surface area contributed by atoms with E-state index >= 15 is 0 Å². The molecule has 0 aromatic carbocycles. The van der Waals surface area contributed by atoms with E-state index in [1.54, 1.807) is 0 Å². The molecule has 0 aromatic rings. The van der Waals surface area contributed by atoms with Crippen molar-refractivity contribution in [1.82, 2.24) is 0 Å². The van der Waals surface area contributed by atoms with E-state index in [4.69, 9.17) is 19.2 Å². The van der Waals surface area contributed by atoms with E-state index in [1.807, 2.05) is 0 Å². The zero-order valence-electron chi connectivity index (χ0n) is 2.70. The summed E-state index contributed by atoms with van der Waals surface area (Å²) >= 11 is 0. The molecule has 0 bridgehead atoms. The average Bonchev–Trinajstić information content (AvgIpc) is 0.722. The molecule has 0 spiro atoms. The molecule has 9 heavy (non-hydrogen) atoms. The van der Waals surface area contributed by atoms with Crippen LogP contribution in [-0.4, -0.2) is 76.2 Å². The van der Waals surface area contributed by atoms with Crippen LogP contribution in [0.5, 0.6) is 0 Å². The fraction of sp³-hybridized carbons (Fsp3) is 0. The molecule has 0 unspecified atom stereocenters. The summed E-state index contributed by atoms with van der Waals surface area (Å²) < 4.78 is 8.88.